The summed E-state index contributed by atoms with van der Waals surface area (Å²) < 4.78 is 8.07. The van der Waals surface area contributed by atoms with Gasteiger partial charge in [-0.1, -0.05) is 23.8 Å². The monoisotopic (exact) mass is 588 g/mol. The van der Waals surface area contributed by atoms with Crippen molar-refractivity contribution in [1.29, 1.82) is 0 Å². The van der Waals surface area contributed by atoms with Crippen molar-refractivity contribution in [2.75, 3.05) is 44.2 Å². The molecule has 2 fully saturated rings. The van der Waals surface area contributed by atoms with Gasteiger partial charge in [-0.2, -0.15) is 0 Å². The molecule has 2 aromatic heterocycles. The molecule has 3 aromatic rings. The lowest BCUT2D eigenvalue weighted by Crippen LogP contribution is -2.46. The highest BCUT2D eigenvalue weighted by molar-refractivity contribution is 5.85. The summed E-state index contributed by atoms with van der Waals surface area (Å²) in [6, 6.07) is 13.5. The van der Waals surface area contributed by atoms with Crippen LogP contribution in [0.1, 0.15) is 40.7 Å². The van der Waals surface area contributed by atoms with Gasteiger partial charge in [-0.25, -0.2) is 0 Å². The van der Waals surface area contributed by atoms with Crippen molar-refractivity contribution >= 4 is 30.5 Å². The highest BCUT2D eigenvalue weighted by atomic mass is 35.5. The number of halogens is 2. The molecule has 40 heavy (non-hydrogen) atoms. The van der Waals surface area contributed by atoms with Gasteiger partial charge in [0.25, 0.3) is 5.56 Å². The SMILES string of the molecule is Cc1ccc(N2CCN(Cc3oc(CN4C[C@H]5C[C@@H](C4)c4cccc(=O)n4C5)cc(=O)c3O)CC2)c(C)c1.Cl.Cl. The molecule has 3 aliphatic heterocycles. The number of aryl methyl sites for hydroxylation is 2. The summed E-state index contributed by atoms with van der Waals surface area (Å²) in [5.41, 5.74) is 4.62. The van der Waals surface area contributed by atoms with Crippen molar-refractivity contribution in [2.45, 2.75) is 45.8 Å². The van der Waals surface area contributed by atoms with Gasteiger partial charge in [-0.3, -0.25) is 19.4 Å². The number of hydrogen-bond donors (Lipinski definition) is 1. The van der Waals surface area contributed by atoms with Crippen LogP contribution in [0.5, 0.6) is 5.75 Å². The van der Waals surface area contributed by atoms with E-state index in [1.54, 1.807) is 6.07 Å². The first-order chi connectivity index (χ1) is 18.3. The highest BCUT2D eigenvalue weighted by Crippen LogP contribution is 2.35. The second-order valence-corrected chi connectivity index (χ2v) is 11.3. The van der Waals surface area contributed by atoms with Gasteiger partial charge in [0.05, 0.1) is 13.1 Å². The number of rotatable bonds is 5. The molecule has 5 heterocycles. The van der Waals surface area contributed by atoms with Crippen molar-refractivity contribution in [3.05, 3.63) is 91.4 Å². The summed E-state index contributed by atoms with van der Waals surface area (Å²) in [5.74, 6) is 1.35. The molecule has 0 spiro atoms. The Hall–Kier alpha value is -2.78. The van der Waals surface area contributed by atoms with Gasteiger partial charge in [0.15, 0.2) is 5.76 Å². The number of likely N-dealkylation sites (tertiary alicyclic amines) is 1. The fraction of sp³-hybridized carbons (Fsp3) is 0.467. The van der Waals surface area contributed by atoms with E-state index in [1.165, 1.54) is 22.9 Å². The molecule has 0 unspecified atom stereocenters. The summed E-state index contributed by atoms with van der Waals surface area (Å²) in [4.78, 5) is 31.9. The van der Waals surface area contributed by atoms with Crippen LogP contribution in [-0.2, 0) is 19.6 Å². The van der Waals surface area contributed by atoms with E-state index in [1.807, 2.05) is 10.6 Å². The predicted octanol–water partition coefficient (Wildman–Crippen LogP) is 3.91. The molecule has 10 heteroatoms. The number of piperazine rings is 1. The van der Waals surface area contributed by atoms with Crippen LogP contribution >= 0.6 is 24.8 Å². The van der Waals surface area contributed by atoms with E-state index >= 15 is 0 Å². The number of aromatic hydroxyl groups is 1. The average molecular weight is 590 g/mol. The van der Waals surface area contributed by atoms with Crippen molar-refractivity contribution in [3.8, 4) is 5.75 Å². The minimum atomic E-state index is -0.385. The van der Waals surface area contributed by atoms with E-state index < -0.39 is 0 Å². The maximum absolute atomic E-state index is 12.6. The number of anilines is 1. The standard InChI is InChI=1S/C30H36N4O4.2ClH/c1-20-6-7-25(21(2)12-20)33-10-8-31(9-11-33)19-28-30(37)27(35)14-24(38-28)18-32-15-22-13-23(17-32)26-4-3-5-29(36)34(26)16-22;;/h3-7,12,14,22-23,37H,8-11,13,15-19H2,1-2H3;2*1H/t22-,23+;;/m1../s1. The van der Waals surface area contributed by atoms with Gasteiger partial charge in [0, 0.05) is 75.2 Å². The Morgan fingerprint density at radius 3 is 2.42 bits per heavy atom. The number of nitrogens with zero attached hydrogens (tertiary/aromatic N) is 4. The van der Waals surface area contributed by atoms with Gasteiger partial charge in [-0.05, 0) is 43.9 Å². The van der Waals surface area contributed by atoms with E-state index in [2.05, 4.69) is 52.8 Å². The fourth-order valence-electron chi connectivity index (χ4n) is 6.63. The van der Waals surface area contributed by atoms with Gasteiger partial charge in [0.1, 0.15) is 5.76 Å². The summed E-state index contributed by atoms with van der Waals surface area (Å²) in [7, 11) is 0. The maximum Gasteiger partial charge on any atom is 0.250 e. The Labute approximate surface area is 247 Å². The largest absolute Gasteiger partial charge is 0.502 e. The molecule has 3 aliphatic rings. The smallest absolute Gasteiger partial charge is 0.250 e. The molecule has 0 saturated carbocycles. The molecule has 2 atom stereocenters. The van der Waals surface area contributed by atoms with Crippen LogP contribution in [-0.4, -0.2) is 58.7 Å². The van der Waals surface area contributed by atoms with Crippen LogP contribution in [0, 0.1) is 19.8 Å². The zero-order chi connectivity index (χ0) is 26.4. The van der Waals surface area contributed by atoms with E-state index in [9.17, 15) is 14.7 Å². The van der Waals surface area contributed by atoms with Crippen molar-refractivity contribution in [1.82, 2.24) is 14.4 Å². The first-order valence-corrected chi connectivity index (χ1v) is 13.7. The minimum absolute atomic E-state index is 0. The number of hydrogen-bond acceptors (Lipinski definition) is 7. The maximum atomic E-state index is 12.6. The first-order valence-electron chi connectivity index (χ1n) is 13.7. The number of aromatic nitrogens is 1. The van der Waals surface area contributed by atoms with Gasteiger partial charge in [-0.15, -0.1) is 24.8 Å². The zero-order valence-electron chi connectivity index (χ0n) is 23.0. The third-order valence-electron chi connectivity index (χ3n) is 8.41. The topological polar surface area (TPSA) is 82.2 Å². The third-order valence-corrected chi connectivity index (χ3v) is 8.41. The summed E-state index contributed by atoms with van der Waals surface area (Å²) in [6.45, 7) is 11.0. The van der Waals surface area contributed by atoms with Crippen molar-refractivity contribution in [2.24, 2.45) is 5.92 Å². The van der Waals surface area contributed by atoms with Crippen LogP contribution in [0.25, 0.3) is 0 Å². The van der Waals surface area contributed by atoms with E-state index in [0.717, 1.165) is 57.9 Å². The lowest BCUT2D eigenvalue weighted by atomic mass is 9.83. The lowest BCUT2D eigenvalue weighted by Gasteiger charge is -2.42. The normalized spacial score (nSPS) is 20.8. The van der Waals surface area contributed by atoms with E-state index in [0.29, 0.717) is 36.4 Å². The second kappa shape index (κ2) is 12.4. The number of fused-ring (bicyclic) bond motifs is 4. The van der Waals surface area contributed by atoms with Crippen LogP contribution in [0.4, 0.5) is 5.69 Å². The van der Waals surface area contributed by atoms with Crippen molar-refractivity contribution < 1.29 is 9.52 Å². The molecular formula is C30H38Cl2N4O4. The number of pyridine rings is 1. The molecule has 8 nitrogen and oxygen atoms in total. The minimum Gasteiger partial charge on any atom is -0.502 e. The number of piperidine rings is 1. The van der Waals surface area contributed by atoms with Crippen LogP contribution in [0.2, 0.25) is 0 Å². The predicted molar refractivity (Wildman–Crippen MR) is 161 cm³/mol. The van der Waals surface area contributed by atoms with Crippen LogP contribution in [0.3, 0.4) is 0 Å². The molecule has 2 saturated heterocycles. The fourth-order valence-corrected chi connectivity index (χ4v) is 6.63. The molecule has 1 aromatic carbocycles. The number of benzene rings is 1. The van der Waals surface area contributed by atoms with Crippen LogP contribution in [0.15, 0.2) is 56.5 Å². The Balaban J connectivity index is 0.00000185. The highest BCUT2D eigenvalue weighted by Gasteiger charge is 2.34. The first kappa shape index (κ1) is 30.2. The summed E-state index contributed by atoms with van der Waals surface area (Å²) in [6.07, 6.45) is 1.08. The second-order valence-electron chi connectivity index (χ2n) is 11.3. The summed E-state index contributed by atoms with van der Waals surface area (Å²) in [5, 5.41) is 10.5. The van der Waals surface area contributed by atoms with Crippen LogP contribution < -0.4 is 15.9 Å². The Bertz CT molecular complexity index is 1460. The summed E-state index contributed by atoms with van der Waals surface area (Å²) >= 11 is 0. The molecular weight excluding hydrogens is 551 g/mol. The molecule has 6 rings (SSSR count). The Morgan fingerprint density at radius 1 is 0.900 bits per heavy atom. The average Bonchev–Trinajstić information content (AvgIpc) is 2.88. The third kappa shape index (κ3) is 6.10. The van der Waals surface area contributed by atoms with E-state index in [-0.39, 0.29) is 41.6 Å². The zero-order valence-corrected chi connectivity index (χ0v) is 24.7. The quantitative estimate of drug-likeness (QED) is 0.484. The molecule has 0 amide bonds. The molecule has 2 bridgehead atoms. The lowest BCUT2D eigenvalue weighted by molar-refractivity contribution is 0.105. The van der Waals surface area contributed by atoms with Gasteiger partial charge >= 0.3 is 0 Å². The molecule has 1 N–H and O–H groups in total. The van der Waals surface area contributed by atoms with Crippen molar-refractivity contribution in [3.63, 3.8) is 0 Å². The Morgan fingerprint density at radius 2 is 1.68 bits per heavy atom. The molecule has 216 valence electrons. The van der Waals surface area contributed by atoms with Gasteiger partial charge in [0.2, 0.25) is 11.2 Å². The Kier molecular flexibility index (Phi) is 9.35. The molecule has 0 aliphatic carbocycles. The van der Waals surface area contributed by atoms with Gasteiger partial charge < -0.3 is 19.0 Å². The molecule has 0 radical (unpaired) electrons. The van der Waals surface area contributed by atoms with E-state index in [4.69, 9.17) is 4.42 Å².